The van der Waals surface area contributed by atoms with E-state index in [0.29, 0.717) is 23.7 Å². The highest BCUT2D eigenvalue weighted by atomic mass is 16.5. The first-order valence-electron chi connectivity index (χ1n) is 35.4. The van der Waals surface area contributed by atoms with E-state index in [9.17, 15) is 0 Å². The zero-order chi connectivity index (χ0) is 64.0. The molecular formula is C92H86O4. The van der Waals surface area contributed by atoms with Gasteiger partial charge >= 0.3 is 0 Å². The molecule has 4 saturated heterocycles. The van der Waals surface area contributed by atoms with Gasteiger partial charge < -0.3 is 18.9 Å². The molecule has 0 spiro atoms. The monoisotopic (exact) mass is 1250 g/mol. The fourth-order valence-corrected chi connectivity index (χ4v) is 15.0. The largest absolute Gasteiger partial charge is 0.381 e. The van der Waals surface area contributed by atoms with E-state index in [-0.39, 0.29) is 0 Å². The van der Waals surface area contributed by atoms with Crippen LogP contribution >= 0.6 is 0 Å². The van der Waals surface area contributed by atoms with Crippen LogP contribution in [0.4, 0.5) is 0 Å². The molecule has 0 amide bonds. The minimum absolute atomic E-state index is 0.658. The van der Waals surface area contributed by atoms with E-state index in [2.05, 4.69) is 255 Å². The summed E-state index contributed by atoms with van der Waals surface area (Å²) >= 11 is 0. The Kier molecular flexibility index (Phi) is 18.5. The Bertz CT molecular complexity index is 4590. The topological polar surface area (TPSA) is 36.9 Å². The minimum atomic E-state index is 0.658. The Morgan fingerprint density at radius 1 is 0.198 bits per heavy atom. The molecule has 0 aliphatic carbocycles. The summed E-state index contributed by atoms with van der Waals surface area (Å²) in [6.45, 7) is 7.13. The van der Waals surface area contributed by atoms with Gasteiger partial charge in [-0.05, 0) is 221 Å². The third-order valence-corrected chi connectivity index (χ3v) is 20.9. The van der Waals surface area contributed by atoms with E-state index in [0.717, 1.165) is 130 Å². The van der Waals surface area contributed by atoms with Crippen molar-refractivity contribution in [3.05, 3.63) is 366 Å². The first kappa shape index (κ1) is 61.8. The van der Waals surface area contributed by atoms with Crippen LogP contribution in [0.2, 0.25) is 0 Å². The van der Waals surface area contributed by atoms with E-state index < -0.39 is 0 Å². The molecule has 0 unspecified atom stereocenters. The molecule has 12 aromatic rings. The van der Waals surface area contributed by atoms with E-state index in [1.54, 1.807) is 0 Å². The highest BCUT2D eigenvalue weighted by Crippen LogP contribution is 2.41. The van der Waals surface area contributed by atoms with Gasteiger partial charge in [-0.2, -0.15) is 0 Å². The van der Waals surface area contributed by atoms with Gasteiger partial charge in [0.1, 0.15) is 0 Å². The predicted octanol–water partition coefficient (Wildman–Crippen LogP) is 19.1. The Labute approximate surface area is 567 Å². The van der Waals surface area contributed by atoms with Crippen molar-refractivity contribution in [3.63, 3.8) is 0 Å². The molecule has 0 atom stereocenters. The summed E-state index contributed by atoms with van der Waals surface area (Å²) < 4.78 is 21.8. The van der Waals surface area contributed by atoms with Gasteiger partial charge in [0.15, 0.2) is 0 Å². The van der Waals surface area contributed by atoms with Gasteiger partial charge in [0.25, 0.3) is 0 Å². The molecule has 0 aromatic heterocycles. The van der Waals surface area contributed by atoms with Crippen LogP contribution in [0.1, 0.15) is 111 Å². The number of rotatable bonds is 25. The van der Waals surface area contributed by atoms with Crippen LogP contribution in [0.25, 0.3) is 32.7 Å². The van der Waals surface area contributed by atoms with Gasteiger partial charge in [0, 0.05) is 23.7 Å². The summed E-state index contributed by atoms with van der Waals surface area (Å²) in [6.07, 6.45) is 11.5. The van der Waals surface area contributed by atoms with Crippen molar-refractivity contribution in [2.75, 3.05) is 52.9 Å². The van der Waals surface area contributed by atoms with Crippen molar-refractivity contribution >= 4 is 21.5 Å². The van der Waals surface area contributed by atoms with Crippen molar-refractivity contribution < 1.29 is 18.9 Å². The van der Waals surface area contributed by atoms with Crippen LogP contribution in [-0.4, -0.2) is 52.9 Å². The highest BCUT2D eigenvalue weighted by Gasteiger charge is 2.23. The van der Waals surface area contributed by atoms with Gasteiger partial charge in [-0.3, -0.25) is 0 Å². The molecule has 0 N–H and O–H groups in total. The van der Waals surface area contributed by atoms with Crippen molar-refractivity contribution in [1.82, 2.24) is 0 Å². The summed E-state index contributed by atoms with van der Waals surface area (Å²) in [5, 5.41) is 5.13. The SMILES string of the molecule is c1cc(Cc2ccc3c(-c4c(Cc5ccc(Cc6ccc(CC7COC7)cc6)cc5)ccc5cc(Cc6ccc(Cc7ccc(CC8COC8)cc7)cc6)ccc45)cc(Cc4ccc(Cc5ccc(CC6COC6)cc5)cc4)cc3c2)ccc1Cc1ccc(CC2COC2)cc1. The van der Waals surface area contributed by atoms with Crippen molar-refractivity contribution in [2.45, 2.75) is 77.0 Å². The molecular weight excluding hydrogens is 1170 g/mol. The number of fused-ring (bicyclic) bond motifs is 2. The second kappa shape index (κ2) is 28.8. The zero-order valence-electron chi connectivity index (χ0n) is 55.3. The lowest BCUT2D eigenvalue weighted by molar-refractivity contribution is -0.0312. The van der Waals surface area contributed by atoms with Crippen molar-refractivity contribution in [1.29, 1.82) is 0 Å². The highest BCUT2D eigenvalue weighted by molar-refractivity contribution is 6.07. The number of benzene rings is 12. The van der Waals surface area contributed by atoms with E-state index in [1.807, 2.05) is 0 Å². The maximum absolute atomic E-state index is 5.46. The Morgan fingerprint density at radius 3 is 0.740 bits per heavy atom. The molecule has 478 valence electrons. The summed E-state index contributed by atoms with van der Waals surface area (Å²) in [7, 11) is 0. The first-order valence-corrected chi connectivity index (χ1v) is 35.4. The van der Waals surface area contributed by atoms with Gasteiger partial charge in [0.2, 0.25) is 0 Å². The molecule has 4 heteroatoms. The van der Waals surface area contributed by atoms with Gasteiger partial charge in [-0.25, -0.2) is 0 Å². The molecule has 0 saturated carbocycles. The molecule has 96 heavy (non-hydrogen) atoms. The van der Waals surface area contributed by atoms with Crippen LogP contribution in [0.3, 0.4) is 0 Å². The van der Waals surface area contributed by atoms with Crippen LogP contribution in [0.5, 0.6) is 0 Å². The zero-order valence-corrected chi connectivity index (χ0v) is 55.3. The molecule has 4 aliphatic heterocycles. The predicted molar refractivity (Wildman–Crippen MR) is 393 cm³/mol. The lowest BCUT2D eigenvalue weighted by atomic mass is 9.85. The third-order valence-electron chi connectivity index (χ3n) is 20.9. The maximum Gasteiger partial charge on any atom is 0.0519 e. The van der Waals surface area contributed by atoms with Crippen LogP contribution in [-0.2, 0) is 96.0 Å². The molecule has 0 bridgehead atoms. The van der Waals surface area contributed by atoms with Crippen molar-refractivity contribution in [2.24, 2.45) is 23.7 Å². The Balaban J connectivity index is 0.706. The van der Waals surface area contributed by atoms with Crippen LogP contribution in [0, 0.1) is 23.7 Å². The summed E-state index contributed by atoms with van der Waals surface area (Å²) in [4.78, 5) is 0. The second-order valence-corrected chi connectivity index (χ2v) is 28.7. The standard InChI is InChI=1S/C92H86O4/c1-15-71(16-2-63(1)39-66-7-21-74(22-8-66)46-82-55-93-56-82)43-79-34-38-90-86(51-79)35-36-87(50-78-31-29-70(30-32-78)42-69-13-27-77(28-14-69)49-85-61-96-62-85)92(90)91-54-81(45-73-19-5-65(6-20-73)41-68-11-25-76(26-12-68)48-84-59-95-60-84)53-88-52-80(33-37-89(88)91)44-72-17-3-64(4-18-72)40-67-9-23-75(24-10-67)47-83-57-94-58-83/h1-38,51-54,82-85H,39-50,55-62H2. The van der Waals surface area contributed by atoms with Gasteiger partial charge in [-0.15, -0.1) is 0 Å². The molecule has 12 aromatic carbocycles. The normalized spacial score (nSPS) is 15.1. The Hall–Kier alpha value is -9.00. The number of hydrogen-bond donors (Lipinski definition) is 0. The van der Waals surface area contributed by atoms with Crippen LogP contribution in [0.15, 0.2) is 255 Å². The lowest BCUT2D eigenvalue weighted by Gasteiger charge is -2.25. The van der Waals surface area contributed by atoms with E-state index in [1.165, 1.54) is 144 Å². The third kappa shape index (κ3) is 15.3. The van der Waals surface area contributed by atoms with Gasteiger partial charge in [-0.1, -0.05) is 255 Å². The lowest BCUT2D eigenvalue weighted by Crippen LogP contribution is -2.29. The van der Waals surface area contributed by atoms with Crippen LogP contribution < -0.4 is 0 Å². The minimum Gasteiger partial charge on any atom is -0.381 e. The molecule has 16 rings (SSSR count). The summed E-state index contributed by atoms with van der Waals surface area (Å²) in [5.74, 6) is 2.65. The molecule has 4 fully saturated rings. The number of hydrogen-bond acceptors (Lipinski definition) is 4. The summed E-state index contributed by atoms with van der Waals surface area (Å²) in [6, 6.07) is 98.9. The molecule has 4 aliphatic rings. The quantitative estimate of drug-likeness (QED) is 0.0571. The molecule has 0 radical (unpaired) electrons. The van der Waals surface area contributed by atoms with Crippen molar-refractivity contribution in [3.8, 4) is 11.1 Å². The first-order chi connectivity index (χ1) is 47.3. The summed E-state index contributed by atoms with van der Waals surface area (Å²) in [5.41, 5.74) is 29.6. The second-order valence-electron chi connectivity index (χ2n) is 28.7. The smallest absolute Gasteiger partial charge is 0.0519 e. The average molecular weight is 1260 g/mol. The van der Waals surface area contributed by atoms with E-state index >= 15 is 0 Å². The molecule has 4 heterocycles. The fraction of sp³-hybridized carbons (Fsp3) is 0.261. The maximum atomic E-state index is 5.46. The number of ether oxygens (including phenoxy) is 4. The van der Waals surface area contributed by atoms with Gasteiger partial charge in [0.05, 0.1) is 52.9 Å². The Morgan fingerprint density at radius 2 is 0.438 bits per heavy atom. The average Bonchev–Trinajstić information content (AvgIpc) is 0.918. The van der Waals surface area contributed by atoms with E-state index in [4.69, 9.17) is 18.9 Å². The fourth-order valence-electron chi connectivity index (χ4n) is 15.0. The molecule has 4 nitrogen and oxygen atoms in total.